The lowest BCUT2D eigenvalue weighted by molar-refractivity contribution is 0.101. The molecule has 28 heavy (non-hydrogen) atoms. The number of carbonyl (C=O) groups is 1. The van der Waals surface area contributed by atoms with Crippen molar-refractivity contribution in [1.82, 2.24) is 0 Å². The number of benzene rings is 2. The van der Waals surface area contributed by atoms with Gasteiger partial charge in [0.05, 0.1) is 5.69 Å². The van der Waals surface area contributed by atoms with Crippen LogP contribution in [0.15, 0.2) is 41.4 Å². The van der Waals surface area contributed by atoms with Gasteiger partial charge in [0.25, 0.3) is 0 Å². The number of halogens is 1. The van der Waals surface area contributed by atoms with Crippen LogP contribution in [0.5, 0.6) is 0 Å². The van der Waals surface area contributed by atoms with E-state index in [9.17, 15) is 9.18 Å². The van der Waals surface area contributed by atoms with Gasteiger partial charge in [-0.1, -0.05) is 13.8 Å². The Balaban J connectivity index is 1.94. The molecule has 1 heterocycles. The Morgan fingerprint density at radius 3 is 2.57 bits per heavy atom. The molecule has 0 radical (unpaired) electrons. The van der Waals surface area contributed by atoms with E-state index < -0.39 is 0 Å². The van der Waals surface area contributed by atoms with E-state index in [0.29, 0.717) is 22.7 Å². The molecule has 0 aromatic heterocycles. The maximum absolute atomic E-state index is 14.9. The predicted octanol–water partition coefficient (Wildman–Crippen LogP) is 6.28. The lowest BCUT2D eigenvalue weighted by atomic mass is 9.79. The summed E-state index contributed by atoms with van der Waals surface area (Å²) in [5, 5.41) is 0. The summed E-state index contributed by atoms with van der Waals surface area (Å²) in [5.41, 5.74) is 4.05. The maximum Gasteiger partial charge on any atom is 0.159 e. The van der Waals surface area contributed by atoms with E-state index in [1.54, 1.807) is 36.5 Å². The van der Waals surface area contributed by atoms with Crippen LogP contribution in [0.3, 0.4) is 0 Å². The van der Waals surface area contributed by atoms with Crippen LogP contribution in [0.25, 0.3) is 0 Å². The summed E-state index contributed by atoms with van der Waals surface area (Å²) in [6, 6.07) is 10.6. The fourth-order valence-electron chi connectivity index (χ4n) is 4.19. The number of anilines is 1. The van der Waals surface area contributed by atoms with E-state index in [4.69, 9.17) is 0 Å². The van der Waals surface area contributed by atoms with Gasteiger partial charge in [0.15, 0.2) is 5.78 Å². The molecular weight excluding hydrogens is 351 g/mol. The third-order valence-electron chi connectivity index (χ3n) is 5.58. The molecule has 1 unspecified atom stereocenters. The number of Topliss-reactive ketones (excluding diaryl/α,β-unsaturated/α-hetero) is 1. The van der Waals surface area contributed by atoms with Crippen molar-refractivity contribution in [1.29, 1.82) is 0 Å². The minimum Gasteiger partial charge on any atom is -0.366 e. The van der Waals surface area contributed by atoms with E-state index in [1.165, 1.54) is 12.5 Å². The minimum absolute atomic E-state index is 0.0168. The third kappa shape index (κ3) is 4.01. The Labute approximate surface area is 167 Å². The lowest BCUT2D eigenvalue weighted by Gasteiger charge is -2.47. The topological polar surface area (TPSA) is 32.7 Å². The first-order valence-corrected chi connectivity index (χ1v) is 9.99. The highest BCUT2D eigenvalue weighted by Crippen LogP contribution is 2.44. The van der Waals surface area contributed by atoms with Crippen LogP contribution in [0.1, 0.15) is 74.9 Å². The zero-order chi connectivity index (χ0) is 20.5. The molecule has 0 spiro atoms. The van der Waals surface area contributed by atoms with Crippen molar-refractivity contribution < 1.29 is 9.18 Å². The Morgan fingerprint density at radius 2 is 1.96 bits per heavy atom. The Hall–Kier alpha value is -2.49. The summed E-state index contributed by atoms with van der Waals surface area (Å²) in [6.45, 7) is 11.3. The first kappa shape index (κ1) is 20.2. The number of carbonyl (C=O) groups excluding carboxylic acids is 1. The smallest absolute Gasteiger partial charge is 0.159 e. The first-order valence-electron chi connectivity index (χ1n) is 9.99. The first-order chi connectivity index (χ1) is 13.2. The van der Waals surface area contributed by atoms with Gasteiger partial charge in [0.1, 0.15) is 5.82 Å². The summed E-state index contributed by atoms with van der Waals surface area (Å²) in [6.07, 6.45) is 3.64. The summed E-state index contributed by atoms with van der Waals surface area (Å²) >= 11 is 0. The van der Waals surface area contributed by atoms with Crippen LogP contribution < -0.4 is 4.90 Å². The fourth-order valence-corrected chi connectivity index (χ4v) is 4.19. The molecule has 148 valence electrons. The molecule has 0 bridgehead atoms. The SMILES string of the molecule is CCCN1c2cc(F)c(C=Nc3ccc(C(C)=O)cc3)cc2C(C)CC1(C)C. The molecule has 4 heteroatoms. The normalized spacial score (nSPS) is 18.4. The molecule has 1 aliphatic rings. The number of ketones is 1. The number of rotatable bonds is 5. The van der Waals surface area contributed by atoms with Crippen molar-refractivity contribution in [2.24, 2.45) is 4.99 Å². The van der Waals surface area contributed by atoms with Crippen LogP contribution in [0.2, 0.25) is 0 Å². The molecule has 0 fully saturated rings. The molecule has 0 saturated heterocycles. The largest absolute Gasteiger partial charge is 0.366 e. The number of hydrogen-bond acceptors (Lipinski definition) is 3. The second kappa shape index (κ2) is 7.86. The van der Waals surface area contributed by atoms with Gasteiger partial charge in [-0.15, -0.1) is 0 Å². The summed E-state index contributed by atoms with van der Waals surface area (Å²) in [4.78, 5) is 18.1. The van der Waals surface area contributed by atoms with Gasteiger partial charge in [-0.05, 0) is 81.5 Å². The molecule has 3 nitrogen and oxygen atoms in total. The molecular formula is C24H29FN2O. The highest BCUT2D eigenvalue weighted by Gasteiger charge is 2.36. The number of nitrogens with zero attached hydrogens (tertiary/aromatic N) is 2. The fraction of sp³-hybridized carbons (Fsp3) is 0.417. The standard InChI is InChI=1S/C24H29FN2O/c1-6-11-27-23-13-22(25)19(12-21(23)16(2)14-24(27,4)5)15-26-20-9-7-18(8-10-20)17(3)28/h7-10,12-13,15-16H,6,11,14H2,1-5H3. The summed E-state index contributed by atoms with van der Waals surface area (Å²) in [5.74, 6) is 0.124. The van der Waals surface area contributed by atoms with E-state index in [1.807, 2.05) is 6.07 Å². The van der Waals surface area contributed by atoms with Gasteiger partial charge < -0.3 is 4.90 Å². The molecule has 1 aliphatic heterocycles. The lowest BCUT2D eigenvalue weighted by Crippen LogP contribution is -2.48. The molecule has 0 amide bonds. The zero-order valence-electron chi connectivity index (χ0n) is 17.4. The van der Waals surface area contributed by atoms with Gasteiger partial charge in [0, 0.05) is 35.1 Å². The van der Waals surface area contributed by atoms with Crippen LogP contribution in [0.4, 0.5) is 15.8 Å². The molecule has 1 atom stereocenters. The predicted molar refractivity (Wildman–Crippen MR) is 115 cm³/mol. The average Bonchev–Trinajstić information content (AvgIpc) is 2.63. The van der Waals surface area contributed by atoms with Gasteiger partial charge in [-0.3, -0.25) is 9.79 Å². The zero-order valence-corrected chi connectivity index (χ0v) is 17.4. The Kier molecular flexibility index (Phi) is 5.69. The average molecular weight is 381 g/mol. The van der Waals surface area contributed by atoms with Crippen molar-refractivity contribution in [2.75, 3.05) is 11.4 Å². The minimum atomic E-state index is -0.256. The molecule has 2 aromatic rings. The van der Waals surface area contributed by atoms with Gasteiger partial charge in [0.2, 0.25) is 0 Å². The van der Waals surface area contributed by atoms with E-state index >= 15 is 0 Å². The third-order valence-corrected chi connectivity index (χ3v) is 5.58. The Bertz CT molecular complexity index is 900. The van der Waals surface area contributed by atoms with Crippen LogP contribution in [-0.4, -0.2) is 24.1 Å². The molecule has 0 aliphatic carbocycles. The molecule has 0 saturated carbocycles. The van der Waals surface area contributed by atoms with Crippen molar-refractivity contribution >= 4 is 23.4 Å². The summed E-state index contributed by atoms with van der Waals surface area (Å²) in [7, 11) is 0. The van der Waals surface area contributed by atoms with Gasteiger partial charge >= 0.3 is 0 Å². The number of fused-ring (bicyclic) bond motifs is 1. The van der Waals surface area contributed by atoms with Crippen molar-refractivity contribution in [3.8, 4) is 0 Å². The maximum atomic E-state index is 14.9. The molecule has 2 aromatic carbocycles. The van der Waals surface area contributed by atoms with Gasteiger partial charge in [-0.25, -0.2) is 4.39 Å². The monoisotopic (exact) mass is 380 g/mol. The van der Waals surface area contributed by atoms with Crippen molar-refractivity contribution in [3.05, 3.63) is 58.9 Å². The van der Waals surface area contributed by atoms with Crippen LogP contribution in [-0.2, 0) is 0 Å². The van der Waals surface area contributed by atoms with E-state index in [-0.39, 0.29) is 17.1 Å². The van der Waals surface area contributed by atoms with Crippen LogP contribution >= 0.6 is 0 Å². The van der Waals surface area contributed by atoms with E-state index in [2.05, 4.69) is 37.6 Å². The molecule has 3 rings (SSSR count). The second-order valence-electron chi connectivity index (χ2n) is 8.36. The highest BCUT2D eigenvalue weighted by molar-refractivity contribution is 5.94. The van der Waals surface area contributed by atoms with E-state index in [0.717, 1.165) is 25.1 Å². The van der Waals surface area contributed by atoms with Gasteiger partial charge in [-0.2, -0.15) is 0 Å². The quantitative estimate of drug-likeness (QED) is 0.452. The van der Waals surface area contributed by atoms with Crippen molar-refractivity contribution in [3.63, 3.8) is 0 Å². The highest BCUT2D eigenvalue weighted by atomic mass is 19.1. The number of hydrogen-bond donors (Lipinski definition) is 0. The summed E-state index contributed by atoms with van der Waals surface area (Å²) < 4.78 is 14.9. The Morgan fingerprint density at radius 1 is 1.29 bits per heavy atom. The van der Waals surface area contributed by atoms with Crippen molar-refractivity contribution in [2.45, 2.75) is 58.9 Å². The second-order valence-corrected chi connectivity index (χ2v) is 8.36. The van der Waals surface area contributed by atoms with Crippen LogP contribution in [0, 0.1) is 5.82 Å². The number of aliphatic imine (C=N–C) groups is 1. The molecule has 0 N–H and O–H groups in total.